The monoisotopic (exact) mass is 716 g/mol. The smallest absolute Gasteiger partial charge is 0.159 e. The number of rotatable bonds is 4. The third-order valence-electron chi connectivity index (χ3n) is 11.4. The van der Waals surface area contributed by atoms with Gasteiger partial charge in [0.1, 0.15) is 17.6 Å². The van der Waals surface area contributed by atoms with Crippen molar-refractivity contribution in [2.45, 2.75) is 6.17 Å². The van der Waals surface area contributed by atoms with Crippen LogP contribution in [0.1, 0.15) is 22.9 Å². The van der Waals surface area contributed by atoms with E-state index < -0.39 is 0 Å². The van der Waals surface area contributed by atoms with E-state index in [0.29, 0.717) is 5.84 Å². The number of furan rings is 1. The summed E-state index contributed by atoms with van der Waals surface area (Å²) in [4.78, 5) is 10.7. The molecule has 0 bridgehead atoms. The molecule has 1 atom stereocenters. The van der Waals surface area contributed by atoms with Crippen LogP contribution in [0.25, 0.3) is 81.7 Å². The van der Waals surface area contributed by atoms with Gasteiger partial charge in [0, 0.05) is 38.1 Å². The zero-order valence-corrected chi connectivity index (χ0v) is 30.1. The van der Waals surface area contributed by atoms with E-state index in [1.807, 2.05) is 12.1 Å². The molecule has 3 heterocycles. The molecule has 9 aromatic carbocycles. The van der Waals surface area contributed by atoms with Crippen LogP contribution in [0.4, 0.5) is 0 Å². The van der Waals surface area contributed by atoms with Crippen molar-refractivity contribution in [3.05, 3.63) is 199 Å². The highest BCUT2D eigenvalue weighted by molar-refractivity contribution is 6.23. The fourth-order valence-corrected chi connectivity index (χ4v) is 8.77. The minimum Gasteiger partial charge on any atom is -0.454 e. The summed E-state index contributed by atoms with van der Waals surface area (Å²) in [6, 6.07) is 64.5. The summed E-state index contributed by atoms with van der Waals surface area (Å²) >= 11 is 0. The number of benzene rings is 9. The van der Waals surface area contributed by atoms with Crippen LogP contribution in [0.5, 0.6) is 0 Å². The molecule has 1 unspecified atom stereocenters. The SMILES string of the molecule is c1ccc(C2N=C(c3cc(-n4c5cc6ccccc6cc5c5ccc6ccccc6c54)c4oc5ccccc5c4c3)N=C(c3cccc4ccccc34)N2)cc1. The van der Waals surface area contributed by atoms with Crippen molar-refractivity contribution in [2.75, 3.05) is 0 Å². The van der Waals surface area contributed by atoms with Gasteiger partial charge >= 0.3 is 0 Å². The van der Waals surface area contributed by atoms with Crippen molar-refractivity contribution < 1.29 is 4.42 Å². The summed E-state index contributed by atoms with van der Waals surface area (Å²) < 4.78 is 9.28. The Morgan fingerprint density at radius 2 is 1.18 bits per heavy atom. The molecular formula is C51H32N4O. The molecule has 2 aromatic heterocycles. The molecule has 0 spiro atoms. The second-order valence-electron chi connectivity index (χ2n) is 14.6. The first-order chi connectivity index (χ1) is 27.7. The quantitative estimate of drug-likeness (QED) is 0.197. The molecule has 262 valence electrons. The van der Waals surface area contributed by atoms with Crippen molar-refractivity contribution in [3.8, 4) is 5.69 Å². The van der Waals surface area contributed by atoms with Crippen molar-refractivity contribution in [2.24, 2.45) is 9.98 Å². The average Bonchev–Trinajstić information content (AvgIpc) is 3.81. The molecule has 1 N–H and O–H groups in total. The zero-order valence-electron chi connectivity index (χ0n) is 30.1. The lowest BCUT2D eigenvalue weighted by atomic mass is 10.0. The van der Waals surface area contributed by atoms with Gasteiger partial charge in [-0.05, 0) is 62.8 Å². The lowest BCUT2D eigenvalue weighted by Crippen LogP contribution is -2.33. The van der Waals surface area contributed by atoms with Crippen LogP contribution < -0.4 is 5.32 Å². The molecule has 0 aliphatic carbocycles. The Morgan fingerprint density at radius 1 is 0.500 bits per heavy atom. The second kappa shape index (κ2) is 12.0. The molecule has 1 aliphatic heterocycles. The first kappa shape index (κ1) is 30.9. The van der Waals surface area contributed by atoms with Gasteiger partial charge in [0.15, 0.2) is 11.4 Å². The predicted octanol–water partition coefficient (Wildman–Crippen LogP) is 12.6. The Hall–Kier alpha value is -7.50. The Balaban J connectivity index is 1.20. The Morgan fingerprint density at radius 3 is 2.02 bits per heavy atom. The molecule has 0 radical (unpaired) electrons. The molecule has 0 amide bonds. The molecular weight excluding hydrogens is 685 g/mol. The van der Waals surface area contributed by atoms with Crippen LogP contribution >= 0.6 is 0 Å². The number of hydrogen-bond acceptors (Lipinski definition) is 4. The van der Waals surface area contributed by atoms with E-state index in [0.717, 1.165) is 72.0 Å². The molecule has 1 aliphatic rings. The van der Waals surface area contributed by atoms with Gasteiger partial charge in [-0.1, -0.05) is 152 Å². The minimum atomic E-state index is -0.346. The number of fused-ring (bicyclic) bond motifs is 10. The molecule has 11 aromatic rings. The Kier molecular flexibility index (Phi) is 6.63. The maximum absolute atomic E-state index is 6.87. The Labute approximate surface area is 321 Å². The van der Waals surface area contributed by atoms with Crippen molar-refractivity contribution in [1.82, 2.24) is 9.88 Å². The van der Waals surface area contributed by atoms with Gasteiger partial charge in [-0.3, -0.25) is 0 Å². The standard InChI is InChI=1S/C51H32N4O/c1-2-15-33(16-3-1)49-52-50(54-51(53-49)41-23-12-19-31-13-6-8-20-37(31)41)36-28-43-39-22-10-11-24-46(39)56-48(43)45(30-36)55-44-29-35-18-5-4-17-34(35)27-42(44)40-26-25-32-14-7-9-21-38(32)47(40)55/h1-30,49H,(H,52,53,54). The first-order valence-electron chi connectivity index (χ1n) is 19.0. The fourth-order valence-electron chi connectivity index (χ4n) is 8.77. The normalized spacial score (nSPS) is 14.6. The number of nitrogens with zero attached hydrogens (tertiary/aromatic N) is 3. The van der Waals surface area contributed by atoms with Gasteiger partial charge in [0.2, 0.25) is 0 Å². The summed E-state index contributed by atoms with van der Waals surface area (Å²) in [5.41, 5.74) is 7.87. The van der Waals surface area contributed by atoms with E-state index in [2.05, 4.69) is 180 Å². The molecule has 0 saturated carbocycles. The highest BCUT2D eigenvalue weighted by Crippen LogP contribution is 2.42. The van der Waals surface area contributed by atoms with E-state index in [1.54, 1.807) is 0 Å². The number of hydrogen-bond donors (Lipinski definition) is 1. The molecule has 12 rings (SSSR count). The van der Waals surface area contributed by atoms with Crippen LogP contribution in [0.2, 0.25) is 0 Å². The van der Waals surface area contributed by atoms with Gasteiger partial charge in [0.05, 0.1) is 16.7 Å². The summed E-state index contributed by atoms with van der Waals surface area (Å²) in [5.74, 6) is 1.44. The fraction of sp³-hybridized carbons (Fsp3) is 0.0196. The molecule has 0 saturated heterocycles. The first-order valence-corrected chi connectivity index (χ1v) is 19.0. The summed E-state index contributed by atoms with van der Waals surface area (Å²) in [6.07, 6.45) is -0.346. The third-order valence-corrected chi connectivity index (χ3v) is 11.4. The number of para-hydroxylation sites is 1. The van der Waals surface area contributed by atoms with Crippen molar-refractivity contribution in [3.63, 3.8) is 0 Å². The lowest BCUT2D eigenvalue weighted by molar-refractivity contribution is 0.666. The van der Waals surface area contributed by atoms with E-state index in [9.17, 15) is 0 Å². The second-order valence-corrected chi connectivity index (χ2v) is 14.6. The summed E-state index contributed by atoms with van der Waals surface area (Å²) in [6.45, 7) is 0. The number of amidine groups is 2. The molecule has 0 fully saturated rings. The van der Waals surface area contributed by atoms with Crippen LogP contribution in [0.3, 0.4) is 0 Å². The van der Waals surface area contributed by atoms with Crippen LogP contribution in [0.15, 0.2) is 196 Å². The molecule has 5 nitrogen and oxygen atoms in total. The maximum atomic E-state index is 6.87. The zero-order chi connectivity index (χ0) is 36.7. The number of nitrogens with one attached hydrogen (secondary N) is 1. The van der Waals surface area contributed by atoms with Gasteiger partial charge in [-0.25, -0.2) is 9.98 Å². The predicted molar refractivity (Wildman–Crippen MR) is 232 cm³/mol. The van der Waals surface area contributed by atoms with E-state index >= 15 is 0 Å². The summed E-state index contributed by atoms with van der Waals surface area (Å²) in [7, 11) is 0. The maximum Gasteiger partial charge on any atom is 0.159 e. The topological polar surface area (TPSA) is 54.8 Å². The third kappa shape index (κ3) is 4.67. The van der Waals surface area contributed by atoms with E-state index in [-0.39, 0.29) is 6.17 Å². The van der Waals surface area contributed by atoms with Crippen molar-refractivity contribution >= 4 is 87.7 Å². The summed E-state index contributed by atoms with van der Waals surface area (Å²) in [5, 5.41) is 15.2. The van der Waals surface area contributed by atoms with Crippen molar-refractivity contribution in [1.29, 1.82) is 0 Å². The highest BCUT2D eigenvalue weighted by atomic mass is 16.3. The van der Waals surface area contributed by atoms with Gasteiger partial charge < -0.3 is 14.3 Å². The number of aromatic nitrogens is 1. The molecule has 5 heteroatoms. The lowest BCUT2D eigenvalue weighted by Gasteiger charge is -2.24. The van der Waals surface area contributed by atoms with Gasteiger partial charge in [0.25, 0.3) is 0 Å². The van der Waals surface area contributed by atoms with Crippen LogP contribution in [-0.2, 0) is 0 Å². The minimum absolute atomic E-state index is 0.346. The van der Waals surface area contributed by atoms with E-state index in [1.165, 1.54) is 32.3 Å². The van der Waals surface area contributed by atoms with Crippen LogP contribution in [0, 0.1) is 0 Å². The van der Waals surface area contributed by atoms with Gasteiger partial charge in [-0.2, -0.15) is 0 Å². The molecule has 56 heavy (non-hydrogen) atoms. The Bertz CT molecular complexity index is 3460. The number of aliphatic imine (C=N–C) groups is 2. The highest BCUT2D eigenvalue weighted by Gasteiger charge is 2.26. The largest absolute Gasteiger partial charge is 0.454 e. The van der Waals surface area contributed by atoms with Gasteiger partial charge in [-0.15, -0.1) is 0 Å². The van der Waals surface area contributed by atoms with E-state index in [4.69, 9.17) is 14.4 Å². The van der Waals surface area contributed by atoms with Crippen LogP contribution in [-0.4, -0.2) is 16.2 Å². The average molecular weight is 717 g/mol.